The van der Waals surface area contributed by atoms with E-state index in [0.717, 1.165) is 43.3 Å². The second kappa shape index (κ2) is 7.79. The smallest absolute Gasteiger partial charge is 0.178 e. The minimum Gasteiger partial charge on any atom is -0.330 e. The molecule has 0 atom stereocenters. The van der Waals surface area contributed by atoms with E-state index in [1.54, 1.807) is 6.20 Å². The van der Waals surface area contributed by atoms with Crippen molar-refractivity contribution in [1.82, 2.24) is 29.4 Å². The third-order valence-corrected chi connectivity index (χ3v) is 4.07. The quantitative estimate of drug-likeness (QED) is 0.669. The Balaban J connectivity index is 1.77. The highest BCUT2D eigenvalue weighted by atomic mass is 15.2. The lowest BCUT2D eigenvalue weighted by molar-refractivity contribution is 0.291. The van der Waals surface area contributed by atoms with Crippen LogP contribution < -0.4 is 0 Å². The summed E-state index contributed by atoms with van der Waals surface area (Å²) in [6, 6.07) is 5.71. The summed E-state index contributed by atoms with van der Waals surface area (Å²) in [5.74, 6) is 1.52. The second-order valence-corrected chi connectivity index (χ2v) is 5.48. The number of nitrogens with zero attached hydrogens (tertiary/aromatic N) is 6. The van der Waals surface area contributed by atoms with Crippen LogP contribution >= 0.6 is 0 Å². The standard InChI is InChI=1S/C18H22N6/c1-3-23(4-2)11-12-24-10-9-20-18(24)15-13-21-17(22-14-15)16-7-5-6-8-19-16/h5-10,13-14H,3-4,11-12H2,1-2H3. The highest BCUT2D eigenvalue weighted by Gasteiger charge is 2.09. The molecule has 6 heteroatoms. The first kappa shape index (κ1) is 16.3. The topological polar surface area (TPSA) is 59.7 Å². The molecule has 0 aliphatic heterocycles. The van der Waals surface area contributed by atoms with E-state index in [0.29, 0.717) is 5.82 Å². The lowest BCUT2D eigenvalue weighted by Crippen LogP contribution is -2.27. The Labute approximate surface area is 142 Å². The molecule has 0 radical (unpaired) electrons. The van der Waals surface area contributed by atoms with Crippen molar-refractivity contribution in [3.05, 3.63) is 49.2 Å². The molecule has 0 unspecified atom stereocenters. The number of pyridine rings is 1. The Hall–Kier alpha value is -2.60. The van der Waals surface area contributed by atoms with Gasteiger partial charge in [-0.1, -0.05) is 19.9 Å². The fourth-order valence-electron chi connectivity index (χ4n) is 2.61. The largest absolute Gasteiger partial charge is 0.330 e. The van der Waals surface area contributed by atoms with Gasteiger partial charge in [-0.15, -0.1) is 0 Å². The maximum absolute atomic E-state index is 4.47. The fourth-order valence-corrected chi connectivity index (χ4v) is 2.61. The van der Waals surface area contributed by atoms with Gasteiger partial charge >= 0.3 is 0 Å². The summed E-state index contributed by atoms with van der Waals surface area (Å²) in [4.78, 5) is 20.0. The fraction of sp³-hybridized carbons (Fsp3) is 0.333. The summed E-state index contributed by atoms with van der Waals surface area (Å²) in [7, 11) is 0. The van der Waals surface area contributed by atoms with Crippen LogP contribution in [0.4, 0.5) is 0 Å². The van der Waals surface area contributed by atoms with E-state index in [9.17, 15) is 0 Å². The Morgan fingerprint density at radius 3 is 2.42 bits per heavy atom. The predicted molar refractivity (Wildman–Crippen MR) is 94.3 cm³/mol. The first-order chi connectivity index (χ1) is 11.8. The summed E-state index contributed by atoms with van der Waals surface area (Å²) in [5, 5.41) is 0. The first-order valence-electron chi connectivity index (χ1n) is 8.29. The van der Waals surface area contributed by atoms with Crippen molar-refractivity contribution in [2.45, 2.75) is 20.4 Å². The van der Waals surface area contributed by atoms with Gasteiger partial charge in [0.05, 0.1) is 5.56 Å². The summed E-state index contributed by atoms with van der Waals surface area (Å²) in [5.41, 5.74) is 1.69. The zero-order valence-corrected chi connectivity index (χ0v) is 14.1. The molecule has 0 spiro atoms. The molecular weight excluding hydrogens is 300 g/mol. The molecule has 124 valence electrons. The van der Waals surface area contributed by atoms with Crippen molar-refractivity contribution in [3.63, 3.8) is 0 Å². The van der Waals surface area contributed by atoms with E-state index >= 15 is 0 Å². The van der Waals surface area contributed by atoms with E-state index in [1.807, 2.05) is 43.0 Å². The molecule has 0 aromatic carbocycles. The van der Waals surface area contributed by atoms with Crippen LogP contribution in [0.3, 0.4) is 0 Å². The molecule has 6 nitrogen and oxygen atoms in total. The number of aromatic nitrogens is 5. The molecule has 0 aliphatic rings. The third-order valence-electron chi connectivity index (χ3n) is 4.07. The Kier molecular flexibility index (Phi) is 5.28. The highest BCUT2D eigenvalue weighted by Crippen LogP contribution is 2.18. The van der Waals surface area contributed by atoms with Crippen molar-refractivity contribution < 1.29 is 0 Å². The molecule has 3 heterocycles. The number of likely N-dealkylation sites (N-methyl/N-ethyl adjacent to an activating group) is 1. The normalized spacial score (nSPS) is 11.1. The summed E-state index contributed by atoms with van der Waals surface area (Å²) in [6.45, 7) is 8.39. The average molecular weight is 322 g/mol. The molecule has 0 saturated heterocycles. The van der Waals surface area contributed by atoms with E-state index in [-0.39, 0.29) is 0 Å². The molecule has 0 bridgehead atoms. The molecule has 24 heavy (non-hydrogen) atoms. The maximum Gasteiger partial charge on any atom is 0.178 e. The van der Waals surface area contributed by atoms with Crippen LogP contribution in [-0.2, 0) is 6.54 Å². The van der Waals surface area contributed by atoms with E-state index < -0.39 is 0 Å². The van der Waals surface area contributed by atoms with Gasteiger partial charge in [0.1, 0.15) is 11.5 Å². The maximum atomic E-state index is 4.47. The Morgan fingerprint density at radius 1 is 0.958 bits per heavy atom. The third kappa shape index (κ3) is 3.65. The monoisotopic (exact) mass is 322 g/mol. The predicted octanol–water partition coefficient (Wildman–Crippen LogP) is 2.74. The van der Waals surface area contributed by atoms with Gasteiger partial charge in [0.2, 0.25) is 0 Å². The number of rotatable bonds is 7. The van der Waals surface area contributed by atoms with E-state index in [4.69, 9.17) is 0 Å². The van der Waals surface area contributed by atoms with Gasteiger partial charge in [-0.25, -0.2) is 15.0 Å². The van der Waals surface area contributed by atoms with Gasteiger partial charge in [-0.3, -0.25) is 4.98 Å². The van der Waals surface area contributed by atoms with Crippen molar-refractivity contribution in [2.75, 3.05) is 19.6 Å². The minimum absolute atomic E-state index is 0.626. The summed E-state index contributed by atoms with van der Waals surface area (Å²) >= 11 is 0. The van der Waals surface area contributed by atoms with Crippen LogP contribution in [0.5, 0.6) is 0 Å². The van der Waals surface area contributed by atoms with Crippen LogP contribution in [0.15, 0.2) is 49.2 Å². The molecule has 0 N–H and O–H groups in total. The van der Waals surface area contributed by atoms with Crippen LogP contribution in [0, 0.1) is 0 Å². The van der Waals surface area contributed by atoms with Crippen molar-refractivity contribution in [2.24, 2.45) is 0 Å². The van der Waals surface area contributed by atoms with Gasteiger partial charge < -0.3 is 9.47 Å². The molecule has 3 rings (SSSR count). The Morgan fingerprint density at radius 2 is 1.75 bits per heavy atom. The van der Waals surface area contributed by atoms with Crippen molar-refractivity contribution >= 4 is 0 Å². The van der Waals surface area contributed by atoms with Crippen LogP contribution in [0.1, 0.15) is 13.8 Å². The Bertz CT molecular complexity index is 747. The van der Waals surface area contributed by atoms with Gasteiger partial charge in [-0.05, 0) is 25.2 Å². The zero-order valence-electron chi connectivity index (χ0n) is 14.1. The minimum atomic E-state index is 0.626. The second-order valence-electron chi connectivity index (χ2n) is 5.48. The molecule has 0 aliphatic carbocycles. The van der Waals surface area contributed by atoms with Gasteiger partial charge in [0.15, 0.2) is 5.82 Å². The average Bonchev–Trinajstić information content (AvgIpc) is 3.12. The van der Waals surface area contributed by atoms with Gasteiger partial charge in [0, 0.05) is 44.1 Å². The lowest BCUT2D eigenvalue weighted by Gasteiger charge is -2.18. The van der Waals surface area contributed by atoms with Gasteiger partial charge in [-0.2, -0.15) is 0 Å². The molecule has 3 aromatic heterocycles. The molecule has 3 aromatic rings. The SMILES string of the molecule is CCN(CC)CCn1ccnc1-c1cnc(-c2ccccn2)nc1. The number of hydrogen-bond donors (Lipinski definition) is 0. The van der Waals surface area contributed by atoms with Crippen molar-refractivity contribution in [1.29, 1.82) is 0 Å². The molecule has 0 amide bonds. The molecular formula is C18H22N6. The molecule has 0 saturated carbocycles. The summed E-state index contributed by atoms with van der Waals surface area (Å²) in [6.07, 6.45) is 9.20. The van der Waals surface area contributed by atoms with Gasteiger partial charge in [0.25, 0.3) is 0 Å². The van der Waals surface area contributed by atoms with E-state index in [2.05, 4.69) is 43.3 Å². The van der Waals surface area contributed by atoms with Crippen LogP contribution in [0.25, 0.3) is 22.9 Å². The van der Waals surface area contributed by atoms with Crippen LogP contribution in [-0.4, -0.2) is 49.0 Å². The lowest BCUT2D eigenvalue weighted by atomic mass is 10.3. The van der Waals surface area contributed by atoms with Crippen molar-refractivity contribution in [3.8, 4) is 22.9 Å². The first-order valence-corrected chi connectivity index (χ1v) is 8.29. The highest BCUT2D eigenvalue weighted by molar-refractivity contribution is 5.56. The number of hydrogen-bond acceptors (Lipinski definition) is 5. The zero-order chi connectivity index (χ0) is 16.8. The molecule has 0 fully saturated rings. The van der Waals surface area contributed by atoms with E-state index in [1.165, 1.54) is 0 Å². The van der Waals surface area contributed by atoms with Crippen LogP contribution in [0.2, 0.25) is 0 Å². The number of imidazole rings is 1. The summed E-state index contributed by atoms with van der Waals surface area (Å²) < 4.78 is 2.15.